The van der Waals surface area contributed by atoms with Gasteiger partial charge in [-0.05, 0) is 45.6 Å². The molecule has 0 bridgehead atoms. The van der Waals surface area contributed by atoms with Crippen molar-refractivity contribution in [3.63, 3.8) is 0 Å². The van der Waals surface area contributed by atoms with Crippen LogP contribution in [0.1, 0.15) is 58.8 Å². The van der Waals surface area contributed by atoms with E-state index in [0.717, 1.165) is 32.4 Å². The monoisotopic (exact) mass is 243 g/mol. The molecule has 1 aliphatic rings. The fourth-order valence-corrected chi connectivity index (χ4v) is 2.57. The van der Waals surface area contributed by atoms with Crippen LogP contribution in [-0.2, 0) is 4.74 Å². The van der Waals surface area contributed by atoms with E-state index in [1.165, 1.54) is 25.7 Å². The summed E-state index contributed by atoms with van der Waals surface area (Å²) in [7, 11) is 0. The minimum Gasteiger partial charge on any atom is -0.394 e. The molecular weight excluding hydrogens is 214 g/mol. The Morgan fingerprint density at radius 3 is 2.59 bits per heavy atom. The molecule has 3 heteroatoms. The lowest BCUT2D eigenvalue weighted by molar-refractivity contribution is 0.0538. The lowest BCUT2D eigenvalue weighted by Gasteiger charge is -2.28. The van der Waals surface area contributed by atoms with Crippen molar-refractivity contribution in [1.82, 2.24) is 5.32 Å². The van der Waals surface area contributed by atoms with E-state index in [4.69, 9.17) is 4.74 Å². The Morgan fingerprint density at radius 1 is 1.29 bits per heavy atom. The molecule has 0 amide bonds. The van der Waals surface area contributed by atoms with Crippen molar-refractivity contribution in [2.24, 2.45) is 0 Å². The third kappa shape index (κ3) is 5.84. The topological polar surface area (TPSA) is 41.5 Å². The van der Waals surface area contributed by atoms with E-state index < -0.39 is 0 Å². The summed E-state index contributed by atoms with van der Waals surface area (Å²) in [4.78, 5) is 0. The molecule has 0 saturated heterocycles. The maximum atomic E-state index is 9.35. The van der Waals surface area contributed by atoms with E-state index in [1.54, 1.807) is 0 Å². The summed E-state index contributed by atoms with van der Waals surface area (Å²) in [6, 6.07) is 0. The molecule has 1 atom stereocenters. The van der Waals surface area contributed by atoms with Crippen molar-refractivity contribution < 1.29 is 9.84 Å². The zero-order chi connectivity index (χ0) is 12.6. The summed E-state index contributed by atoms with van der Waals surface area (Å²) >= 11 is 0. The predicted octanol–water partition coefficient (Wildman–Crippen LogP) is 2.48. The van der Waals surface area contributed by atoms with Crippen LogP contribution >= 0.6 is 0 Å². The van der Waals surface area contributed by atoms with E-state index in [1.807, 2.05) is 0 Å². The predicted molar refractivity (Wildman–Crippen MR) is 71.2 cm³/mol. The average molecular weight is 243 g/mol. The normalized spacial score (nSPS) is 20.6. The van der Waals surface area contributed by atoms with E-state index in [9.17, 15) is 5.11 Å². The Bertz CT molecular complexity index is 193. The van der Waals surface area contributed by atoms with Gasteiger partial charge in [-0.3, -0.25) is 0 Å². The standard InChI is InChI=1S/C14H29NO2/c1-3-15-14(2,12-16)10-6-7-11-17-13-8-4-5-9-13/h13,15-16H,3-12H2,1-2H3. The van der Waals surface area contributed by atoms with Crippen LogP contribution in [0.3, 0.4) is 0 Å². The van der Waals surface area contributed by atoms with Gasteiger partial charge in [0.05, 0.1) is 12.7 Å². The molecule has 3 nitrogen and oxygen atoms in total. The zero-order valence-electron chi connectivity index (χ0n) is 11.5. The minimum atomic E-state index is -0.109. The number of hydrogen-bond donors (Lipinski definition) is 2. The summed E-state index contributed by atoms with van der Waals surface area (Å²) in [5, 5.41) is 12.7. The van der Waals surface area contributed by atoms with Gasteiger partial charge in [0.15, 0.2) is 0 Å². The highest BCUT2D eigenvalue weighted by Gasteiger charge is 2.21. The fraction of sp³-hybridized carbons (Fsp3) is 1.00. The first kappa shape index (κ1) is 14.9. The molecule has 1 unspecified atom stereocenters. The van der Waals surface area contributed by atoms with Crippen LogP contribution in [0.15, 0.2) is 0 Å². The second-order valence-corrected chi connectivity index (χ2v) is 5.48. The lowest BCUT2D eigenvalue weighted by Crippen LogP contribution is -2.45. The van der Waals surface area contributed by atoms with Gasteiger partial charge in [0, 0.05) is 12.1 Å². The minimum absolute atomic E-state index is 0.109. The molecule has 1 aliphatic carbocycles. The SMILES string of the molecule is CCNC(C)(CO)CCCCOC1CCCC1. The van der Waals surface area contributed by atoms with E-state index in [-0.39, 0.29) is 12.1 Å². The number of ether oxygens (including phenoxy) is 1. The van der Waals surface area contributed by atoms with Crippen LogP contribution in [0.5, 0.6) is 0 Å². The van der Waals surface area contributed by atoms with Gasteiger partial charge >= 0.3 is 0 Å². The van der Waals surface area contributed by atoms with Crippen molar-refractivity contribution >= 4 is 0 Å². The van der Waals surface area contributed by atoms with Gasteiger partial charge in [0.2, 0.25) is 0 Å². The van der Waals surface area contributed by atoms with Crippen LogP contribution in [0, 0.1) is 0 Å². The fourth-order valence-electron chi connectivity index (χ4n) is 2.57. The second kappa shape index (κ2) is 8.06. The molecule has 0 aliphatic heterocycles. The number of nitrogens with one attached hydrogen (secondary N) is 1. The number of hydrogen-bond acceptors (Lipinski definition) is 3. The molecule has 1 saturated carbocycles. The van der Waals surface area contributed by atoms with Crippen LogP contribution in [-0.4, -0.2) is 36.5 Å². The molecule has 0 heterocycles. The number of aliphatic hydroxyl groups is 1. The first-order valence-electron chi connectivity index (χ1n) is 7.17. The molecular formula is C14H29NO2. The van der Waals surface area contributed by atoms with E-state index in [0.29, 0.717) is 6.10 Å². The maximum absolute atomic E-state index is 9.35. The first-order valence-corrected chi connectivity index (χ1v) is 7.17. The molecule has 0 radical (unpaired) electrons. The Kier molecular flexibility index (Phi) is 7.09. The molecule has 1 rings (SSSR count). The average Bonchev–Trinajstić information content (AvgIpc) is 2.82. The Morgan fingerprint density at radius 2 is 2.00 bits per heavy atom. The van der Waals surface area contributed by atoms with Crippen molar-refractivity contribution in [3.8, 4) is 0 Å². The van der Waals surface area contributed by atoms with Gasteiger partial charge in [-0.25, -0.2) is 0 Å². The molecule has 0 aromatic heterocycles. The summed E-state index contributed by atoms with van der Waals surface area (Å²) in [5.41, 5.74) is -0.109. The third-order valence-electron chi connectivity index (χ3n) is 3.73. The molecule has 0 aromatic rings. The molecule has 2 N–H and O–H groups in total. The van der Waals surface area contributed by atoms with Gasteiger partial charge in [-0.2, -0.15) is 0 Å². The highest BCUT2D eigenvalue weighted by atomic mass is 16.5. The van der Waals surface area contributed by atoms with Gasteiger partial charge in [-0.15, -0.1) is 0 Å². The summed E-state index contributed by atoms with van der Waals surface area (Å²) in [6.07, 6.45) is 8.98. The molecule has 0 spiro atoms. The highest BCUT2D eigenvalue weighted by molar-refractivity contribution is 4.81. The number of likely N-dealkylation sites (N-methyl/N-ethyl adjacent to an activating group) is 1. The largest absolute Gasteiger partial charge is 0.394 e. The van der Waals surface area contributed by atoms with Gasteiger partial charge in [0.25, 0.3) is 0 Å². The van der Waals surface area contributed by atoms with Crippen LogP contribution in [0.4, 0.5) is 0 Å². The van der Waals surface area contributed by atoms with Crippen LogP contribution in [0.25, 0.3) is 0 Å². The number of rotatable bonds is 9. The molecule has 17 heavy (non-hydrogen) atoms. The smallest absolute Gasteiger partial charge is 0.0610 e. The van der Waals surface area contributed by atoms with Gasteiger partial charge < -0.3 is 15.2 Å². The van der Waals surface area contributed by atoms with Crippen molar-refractivity contribution in [2.75, 3.05) is 19.8 Å². The van der Waals surface area contributed by atoms with Crippen molar-refractivity contribution in [1.29, 1.82) is 0 Å². The second-order valence-electron chi connectivity index (χ2n) is 5.48. The van der Waals surface area contributed by atoms with Crippen LogP contribution in [0.2, 0.25) is 0 Å². The van der Waals surface area contributed by atoms with Gasteiger partial charge in [0.1, 0.15) is 0 Å². The van der Waals surface area contributed by atoms with Crippen molar-refractivity contribution in [3.05, 3.63) is 0 Å². The quantitative estimate of drug-likeness (QED) is 0.611. The number of aliphatic hydroxyl groups excluding tert-OH is 1. The van der Waals surface area contributed by atoms with Crippen molar-refractivity contribution in [2.45, 2.75) is 70.4 Å². The van der Waals surface area contributed by atoms with E-state index >= 15 is 0 Å². The summed E-state index contributed by atoms with van der Waals surface area (Å²) in [6.45, 7) is 6.18. The summed E-state index contributed by atoms with van der Waals surface area (Å²) < 4.78 is 5.83. The maximum Gasteiger partial charge on any atom is 0.0610 e. The first-order chi connectivity index (χ1) is 8.20. The van der Waals surface area contributed by atoms with E-state index in [2.05, 4.69) is 19.2 Å². The molecule has 0 aromatic carbocycles. The van der Waals surface area contributed by atoms with Crippen LogP contribution < -0.4 is 5.32 Å². The Balaban J connectivity index is 2.01. The van der Waals surface area contributed by atoms with Gasteiger partial charge in [-0.1, -0.05) is 19.8 Å². The Hall–Kier alpha value is -0.120. The lowest BCUT2D eigenvalue weighted by atomic mass is 9.96. The zero-order valence-corrected chi connectivity index (χ0v) is 11.5. The Labute approximate surface area is 106 Å². The molecule has 1 fully saturated rings. The molecule has 102 valence electrons. The highest BCUT2D eigenvalue weighted by Crippen LogP contribution is 2.21. The summed E-state index contributed by atoms with van der Waals surface area (Å²) in [5.74, 6) is 0. The number of unbranched alkanes of at least 4 members (excludes halogenated alkanes) is 1. The third-order valence-corrected chi connectivity index (χ3v) is 3.73.